The Morgan fingerprint density at radius 1 is 1.14 bits per heavy atom. The summed E-state index contributed by atoms with van der Waals surface area (Å²) in [5.41, 5.74) is 0.517. The van der Waals surface area contributed by atoms with Gasteiger partial charge in [-0.1, -0.05) is 5.16 Å². The molecule has 0 saturated carbocycles. The molecule has 144 valence electrons. The Hall–Kier alpha value is -3.36. The number of carbonyl (C=O) groups excluding carboxylic acids is 1. The van der Waals surface area contributed by atoms with Crippen LogP contribution in [0.25, 0.3) is 11.4 Å². The number of carbonyl (C=O) groups is 1. The van der Waals surface area contributed by atoms with Crippen LogP contribution in [-0.4, -0.2) is 29.7 Å². The van der Waals surface area contributed by atoms with Crippen LogP contribution in [0.5, 0.6) is 5.75 Å². The molecule has 4 rings (SSSR count). The second kappa shape index (κ2) is 6.99. The molecule has 28 heavy (non-hydrogen) atoms. The van der Waals surface area contributed by atoms with E-state index in [0.29, 0.717) is 5.56 Å². The molecule has 2 aromatic carbocycles. The Kier molecular flexibility index (Phi) is 4.50. The van der Waals surface area contributed by atoms with Crippen molar-refractivity contribution in [2.45, 2.75) is 12.3 Å². The number of aromatic nitrogens is 2. The number of hydrogen-bond donors (Lipinski definition) is 0. The summed E-state index contributed by atoms with van der Waals surface area (Å²) in [5, 5.41) is 3.84. The zero-order valence-electron chi connectivity index (χ0n) is 14.7. The highest BCUT2D eigenvalue weighted by atomic mass is 19.1. The molecule has 1 atom stereocenters. The fraction of sp³-hybridized carbons (Fsp3) is 0.211. The van der Waals surface area contributed by atoms with Crippen LogP contribution in [0.15, 0.2) is 40.9 Å². The minimum atomic E-state index is -0.771. The van der Waals surface area contributed by atoms with Crippen LogP contribution in [0.4, 0.5) is 18.9 Å². The minimum Gasteiger partial charge on any atom is -0.494 e. The van der Waals surface area contributed by atoms with Gasteiger partial charge >= 0.3 is 0 Å². The summed E-state index contributed by atoms with van der Waals surface area (Å²) >= 11 is 0. The van der Waals surface area contributed by atoms with Crippen molar-refractivity contribution in [2.24, 2.45) is 0 Å². The number of ether oxygens (including phenoxy) is 1. The molecule has 2 heterocycles. The van der Waals surface area contributed by atoms with Crippen molar-refractivity contribution in [3.05, 3.63) is 59.7 Å². The van der Waals surface area contributed by atoms with Crippen LogP contribution >= 0.6 is 0 Å². The third-order valence-electron chi connectivity index (χ3n) is 4.48. The van der Waals surface area contributed by atoms with E-state index in [4.69, 9.17) is 9.26 Å². The van der Waals surface area contributed by atoms with Crippen molar-refractivity contribution in [3.8, 4) is 17.1 Å². The van der Waals surface area contributed by atoms with E-state index >= 15 is 0 Å². The molecule has 1 fully saturated rings. The first-order valence-electron chi connectivity index (χ1n) is 8.38. The molecule has 0 spiro atoms. The van der Waals surface area contributed by atoms with E-state index in [9.17, 15) is 18.0 Å². The number of methoxy groups -OCH3 is 1. The van der Waals surface area contributed by atoms with E-state index in [0.717, 1.165) is 18.2 Å². The zero-order chi connectivity index (χ0) is 19.8. The predicted molar refractivity (Wildman–Crippen MR) is 92.3 cm³/mol. The maximum Gasteiger partial charge on any atom is 0.232 e. The second-order valence-corrected chi connectivity index (χ2v) is 6.34. The van der Waals surface area contributed by atoms with Crippen molar-refractivity contribution >= 4 is 11.6 Å². The van der Waals surface area contributed by atoms with Crippen molar-refractivity contribution < 1.29 is 27.2 Å². The van der Waals surface area contributed by atoms with E-state index in [1.165, 1.54) is 24.1 Å². The molecule has 0 aliphatic carbocycles. The van der Waals surface area contributed by atoms with Gasteiger partial charge in [0.15, 0.2) is 11.6 Å². The zero-order valence-corrected chi connectivity index (χ0v) is 14.7. The Morgan fingerprint density at radius 3 is 2.57 bits per heavy atom. The lowest BCUT2D eigenvalue weighted by Crippen LogP contribution is -2.24. The van der Waals surface area contributed by atoms with Gasteiger partial charge in [-0.2, -0.15) is 4.98 Å². The number of hydrogen-bond acceptors (Lipinski definition) is 5. The van der Waals surface area contributed by atoms with Gasteiger partial charge in [0.05, 0.1) is 13.0 Å². The molecule has 1 amide bonds. The van der Waals surface area contributed by atoms with Crippen molar-refractivity contribution in [1.82, 2.24) is 10.1 Å². The number of nitrogens with zero attached hydrogens (tertiary/aromatic N) is 3. The topological polar surface area (TPSA) is 68.5 Å². The van der Waals surface area contributed by atoms with Gasteiger partial charge < -0.3 is 14.2 Å². The molecule has 1 aromatic heterocycles. The fourth-order valence-electron chi connectivity index (χ4n) is 3.14. The van der Waals surface area contributed by atoms with Gasteiger partial charge in [0.25, 0.3) is 0 Å². The average Bonchev–Trinajstić information content (AvgIpc) is 3.27. The number of rotatable bonds is 4. The number of amides is 1. The summed E-state index contributed by atoms with van der Waals surface area (Å²) in [4.78, 5) is 17.8. The van der Waals surface area contributed by atoms with E-state index < -0.39 is 23.4 Å². The lowest BCUT2D eigenvalue weighted by atomic mass is 10.1. The van der Waals surface area contributed by atoms with E-state index in [1.54, 1.807) is 6.07 Å². The van der Waals surface area contributed by atoms with Crippen LogP contribution in [0.3, 0.4) is 0 Å². The molecule has 3 aromatic rings. The summed E-state index contributed by atoms with van der Waals surface area (Å²) < 4.78 is 50.9. The number of benzene rings is 2. The van der Waals surface area contributed by atoms with Gasteiger partial charge in [0.2, 0.25) is 17.6 Å². The molecule has 1 aliphatic heterocycles. The highest BCUT2D eigenvalue weighted by Crippen LogP contribution is 2.33. The average molecular weight is 389 g/mol. The van der Waals surface area contributed by atoms with E-state index in [-0.39, 0.29) is 42.0 Å². The summed E-state index contributed by atoms with van der Waals surface area (Å²) in [7, 11) is 1.36. The number of halogens is 3. The molecule has 0 bridgehead atoms. The third-order valence-corrected chi connectivity index (χ3v) is 4.48. The van der Waals surface area contributed by atoms with Gasteiger partial charge in [-0.05, 0) is 30.3 Å². The van der Waals surface area contributed by atoms with Crippen molar-refractivity contribution in [3.63, 3.8) is 0 Å². The van der Waals surface area contributed by atoms with Gasteiger partial charge in [-0.15, -0.1) is 0 Å². The summed E-state index contributed by atoms with van der Waals surface area (Å²) in [5.74, 6) is -2.42. The monoisotopic (exact) mass is 389 g/mol. The first-order chi connectivity index (χ1) is 13.4. The lowest BCUT2D eigenvalue weighted by molar-refractivity contribution is -0.117. The van der Waals surface area contributed by atoms with Gasteiger partial charge in [0, 0.05) is 30.3 Å². The van der Waals surface area contributed by atoms with Crippen LogP contribution in [-0.2, 0) is 4.79 Å². The van der Waals surface area contributed by atoms with Crippen LogP contribution in [0.2, 0.25) is 0 Å². The highest BCUT2D eigenvalue weighted by molar-refractivity contribution is 5.96. The maximum atomic E-state index is 13.9. The fourth-order valence-corrected chi connectivity index (χ4v) is 3.14. The Labute approximate surface area is 157 Å². The smallest absolute Gasteiger partial charge is 0.232 e. The van der Waals surface area contributed by atoms with Crippen molar-refractivity contribution in [1.29, 1.82) is 0 Å². The van der Waals surface area contributed by atoms with Gasteiger partial charge in [-0.3, -0.25) is 4.79 Å². The normalized spacial score (nSPS) is 16.6. The van der Waals surface area contributed by atoms with Crippen LogP contribution < -0.4 is 9.64 Å². The molecule has 9 heteroatoms. The lowest BCUT2D eigenvalue weighted by Gasteiger charge is -2.16. The largest absolute Gasteiger partial charge is 0.494 e. The first-order valence-corrected chi connectivity index (χ1v) is 8.38. The summed E-state index contributed by atoms with van der Waals surface area (Å²) in [6.07, 6.45) is 0.0523. The second-order valence-electron chi connectivity index (χ2n) is 6.34. The Bertz CT molecular complexity index is 1030. The van der Waals surface area contributed by atoms with Crippen LogP contribution in [0, 0.1) is 17.5 Å². The quantitative estimate of drug-likeness (QED) is 0.681. The molecule has 0 radical (unpaired) electrons. The molecule has 1 aliphatic rings. The van der Waals surface area contributed by atoms with E-state index in [2.05, 4.69) is 10.1 Å². The Balaban J connectivity index is 1.56. The molecule has 1 saturated heterocycles. The minimum absolute atomic E-state index is 0.0523. The van der Waals surface area contributed by atoms with Crippen molar-refractivity contribution in [2.75, 3.05) is 18.6 Å². The van der Waals surface area contributed by atoms with E-state index in [1.807, 2.05) is 0 Å². The summed E-state index contributed by atoms with van der Waals surface area (Å²) in [6.45, 7) is 0.139. The molecular weight excluding hydrogens is 375 g/mol. The maximum absolute atomic E-state index is 13.9. The molecule has 1 unspecified atom stereocenters. The summed E-state index contributed by atoms with van der Waals surface area (Å²) in [6, 6.07) is 7.15. The molecular formula is C19H14F3N3O3. The SMILES string of the molecule is COc1ccc(-c2noc(C3CC(=O)N(c4cc(F)cc(F)c4)C3)n2)cc1F. The number of anilines is 1. The highest BCUT2D eigenvalue weighted by Gasteiger charge is 2.35. The predicted octanol–water partition coefficient (Wildman–Crippen LogP) is 3.68. The molecule has 0 N–H and O–H groups in total. The molecule has 6 nitrogen and oxygen atoms in total. The third kappa shape index (κ3) is 3.30. The van der Waals surface area contributed by atoms with Gasteiger partial charge in [-0.25, -0.2) is 13.2 Å². The Morgan fingerprint density at radius 2 is 1.89 bits per heavy atom. The first kappa shape index (κ1) is 18.0. The van der Waals surface area contributed by atoms with Gasteiger partial charge in [0.1, 0.15) is 11.6 Å². The standard InChI is InChI=1S/C19H14F3N3O3/c1-27-16-3-2-10(4-15(16)22)18-23-19(28-24-18)11-5-17(26)25(9-11)14-7-12(20)6-13(21)8-14/h2-4,6-8,11H,5,9H2,1H3. The van der Waals surface area contributed by atoms with Crippen LogP contribution in [0.1, 0.15) is 18.2 Å².